The molecule has 0 aromatic heterocycles. The van der Waals surface area contributed by atoms with Gasteiger partial charge in [0.15, 0.2) is 5.78 Å². The van der Waals surface area contributed by atoms with Gasteiger partial charge in [-0.1, -0.05) is 29.3 Å². The van der Waals surface area contributed by atoms with Gasteiger partial charge in [0.05, 0.1) is 6.04 Å². The minimum atomic E-state index is -0.0210. The van der Waals surface area contributed by atoms with Crippen molar-refractivity contribution in [3.63, 3.8) is 0 Å². The first-order valence-corrected chi connectivity index (χ1v) is 6.13. The van der Waals surface area contributed by atoms with Gasteiger partial charge < -0.3 is 5.32 Å². The van der Waals surface area contributed by atoms with Gasteiger partial charge in [-0.25, -0.2) is 0 Å². The molecule has 16 heavy (non-hydrogen) atoms. The molecule has 1 aromatic rings. The van der Waals surface area contributed by atoms with Crippen LogP contribution in [0.25, 0.3) is 0 Å². The maximum Gasteiger partial charge on any atom is 0.154 e. The minimum absolute atomic E-state index is 0.0210. The summed E-state index contributed by atoms with van der Waals surface area (Å²) in [5.41, 5.74) is 0.740. The molecule has 0 amide bonds. The smallest absolute Gasteiger partial charge is 0.154 e. The molecular weight excluding hydrogens is 245 g/mol. The van der Waals surface area contributed by atoms with E-state index in [4.69, 9.17) is 23.2 Å². The number of rotatable bonds is 3. The van der Waals surface area contributed by atoms with Crippen LogP contribution in [0.3, 0.4) is 0 Å². The molecule has 1 unspecified atom stereocenters. The third-order valence-corrected chi connectivity index (χ3v) is 3.57. The summed E-state index contributed by atoms with van der Waals surface area (Å²) in [7, 11) is 0. The zero-order valence-corrected chi connectivity index (χ0v) is 10.3. The Morgan fingerprint density at radius 2 is 2.06 bits per heavy atom. The number of hydrogen-bond acceptors (Lipinski definition) is 2. The van der Waals surface area contributed by atoms with Crippen LogP contribution < -0.4 is 5.32 Å². The number of hydrogen-bond donors (Lipinski definition) is 1. The van der Waals surface area contributed by atoms with E-state index in [-0.39, 0.29) is 11.8 Å². The van der Waals surface area contributed by atoms with Gasteiger partial charge in [-0.15, -0.1) is 0 Å². The molecule has 0 aliphatic carbocycles. The second-order valence-corrected chi connectivity index (χ2v) is 4.81. The predicted molar refractivity (Wildman–Crippen MR) is 66.2 cm³/mol. The van der Waals surface area contributed by atoms with Crippen molar-refractivity contribution in [1.29, 1.82) is 0 Å². The number of carbonyl (C=O) groups excluding carboxylic acids is 1. The van der Waals surface area contributed by atoms with Crippen LogP contribution in [-0.4, -0.2) is 18.4 Å². The van der Waals surface area contributed by atoms with Crippen molar-refractivity contribution in [3.8, 4) is 0 Å². The van der Waals surface area contributed by atoms with E-state index in [9.17, 15) is 4.79 Å². The summed E-state index contributed by atoms with van der Waals surface area (Å²) < 4.78 is 0. The molecule has 0 spiro atoms. The van der Waals surface area contributed by atoms with Gasteiger partial charge in [0.1, 0.15) is 0 Å². The van der Waals surface area contributed by atoms with E-state index in [2.05, 4.69) is 5.32 Å². The molecule has 1 saturated heterocycles. The second kappa shape index (κ2) is 5.17. The summed E-state index contributed by atoms with van der Waals surface area (Å²) in [6.07, 6.45) is 2.30. The Balaban J connectivity index is 2.11. The standard InChI is InChI=1S/C12H13Cl2NO/c13-9-3-1-4-10(14)8(9)7-12(16)11-5-2-6-15-11/h1,3-4,11,15H,2,5-7H2. The van der Waals surface area contributed by atoms with Crippen molar-refractivity contribution < 1.29 is 4.79 Å². The number of halogens is 2. The number of nitrogens with one attached hydrogen (secondary N) is 1. The first-order chi connectivity index (χ1) is 7.68. The number of carbonyl (C=O) groups is 1. The van der Waals surface area contributed by atoms with Gasteiger partial charge in [0.2, 0.25) is 0 Å². The molecule has 0 bridgehead atoms. The lowest BCUT2D eigenvalue weighted by Crippen LogP contribution is -2.32. The lowest BCUT2D eigenvalue weighted by Gasteiger charge is -2.10. The van der Waals surface area contributed by atoms with E-state index in [0.29, 0.717) is 16.5 Å². The van der Waals surface area contributed by atoms with Crippen molar-refractivity contribution >= 4 is 29.0 Å². The zero-order chi connectivity index (χ0) is 11.5. The fourth-order valence-electron chi connectivity index (χ4n) is 1.96. The maximum atomic E-state index is 11.9. The van der Waals surface area contributed by atoms with Crippen molar-refractivity contribution in [1.82, 2.24) is 5.32 Å². The van der Waals surface area contributed by atoms with E-state index >= 15 is 0 Å². The molecule has 1 aliphatic heterocycles. The van der Waals surface area contributed by atoms with E-state index in [1.165, 1.54) is 0 Å². The summed E-state index contributed by atoms with van der Waals surface area (Å²) in [5, 5.41) is 4.32. The summed E-state index contributed by atoms with van der Waals surface area (Å²) in [6.45, 7) is 0.923. The average molecular weight is 258 g/mol. The molecule has 1 atom stereocenters. The summed E-state index contributed by atoms with van der Waals surface area (Å²) in [6, 6.07) is 5.29. The third kappa shape index (κ3) is 2.57. The molecule has 1 heterocycles. The molecule has 0 radical (unpaired) electrons. The summed E-state index contributed by atoms with van der Waals surface area (Å²) in [5.74, 6) is 0.174. The quantitative estimate of drug-likeness (QED) is 0.903. The Hall–Kier alpha value is -0.570. The van der Waals surface area contributed by atoms with E-state index in [0.717, 1.165) is 24.9 Å². The van der Waals surface area contributed by atoms with Gasteiger partial charge in [0.25, 0.3) is 0 Å². The van der Waals surface area contributed by atoms with Gasteiger partial charge in [-0.3, -0.25) is 4.79 Å². The Bertz CT molecular complexity index is 380. The molecule has 1 aromatic carbocycles. The molecule has 86 valence electrons. The fraction of sp³-hybridized carbons (Fsp3) is 0.417. The van der Waals surface area contributed by atoms with Gasteiger partial charge in [-0.2, -0.15) is 0 Å². The first-order valence-electron chi connectivity index (χ1n) is 5.37. The van der Waals surface area contributed by atoms with E-state index in [1.54, 1.807) is 18.2 Å². The van der Waals surface area contributed by atoms with Gasteiger partial charge in [-0.05, 0) is 37.1 Å². The Morgan fingerprint density at radius 1 is 1.38 bits per heavy atom. The van der Waals surface area contributed by atoms with Crippen LogP contribution in [0.2, 0.25) is 10.0 Å². The lowest BCUT2D eigenvalue weighted by molar-refractivity contribution is -0.120. The highest BCUT2D eigenvalue weighted by molar-refractivity contribution is 6.36. The normalized spacial score (nSPS) is 20.0. The summed E-state index contributed by atoms with van der Waals surface area (Å²) >= 11 is 12.0. The number of ketones is 1. The zero-order valence-electron chi connectivity index (χ0n) is 8.80. The van der Waals surface area contributed by atoms with Crippen LogP contribution in [-0.2, 0) is 11.2 Å². The van der Waals surface area contributed by atoms with E-state index in [1.807, 2.05) is 0 Å². The third-order valence-electron chi connectivity index (χ3n) is 2.86. The topological polar surface area (TPSA) is 29.1 Å². The largest absolute Gasteiger partial charge is 0.307 e. The maximum absolute atomic E-state index is 11.9. The van der Waals surface area contributed by atoms with E-state index < -0.39 is 0 Å². The van der Waals surface area contributed by atoms with Crippen LogP contribution >= 0.6 is 23.2 Å². The average Bonchev–Trinajstić information content (AvgIpc) is 2.76. The highest BCUT2D eigenvalue weighted by Gasteiger charge is 2.23. The molecule has 1 N–H and O–H groups in total. The first kappa shape index (κ1) is 11.9. The van der Waals surface area contributed by atoms with Crippen LogP contribution in [0.1, 0.15) is 18.4 Å². The van der Waals surface area contributed by atoms with Gasteiger partial charge in [0, 0.05) is 16.5 Å². The highest BCUT2D eigenvalue weighted by Crippen LogP contribution is 2.25. The monoisotopic (exact) mass is 257 g/mol. The highest BCUT2D eigenvalue weighted by atomic mass is 35.5. The van der Waals surface area contributed by atoms with Crippen LogP contribution in [0, 0.1) is 0 Å². The van der Waals surface area contributed by atoms with Crippen LogP contribution in [0.5, 0.6) is 0 Å². The molecular formula is C12H13Cl2NO. The molecule has 1 aliphatic rings. The Kier molecular flexibility index (Phi) is 3.85. The lowest BCUT2D eigenvalue weighted by atomic mass is 10.0. The van der Waals surface area contributed by atoms with Crippen molar-refractivity contribution in [2.24, 2.45) is 0 Å². The van der Waals surface area contributed by atoms with Crippen LogP contribution in [0.15, 0.2) is 18.2 Å². The van der Waals surface area contributed by atoms with Crippen molar-refractivity contribution in [3.05, 3.63) is 33.8 Å². The molecule has 0 saturated carbocycles. The van der Waals surface area contributed by atoms with Crippen molar-refractivity contribution in [2.45, 2.75) is 25.3 Å². The molecule has 4 heteroatoms. The Labute approximate surface area is 105 Å². The van der Waals surface area contributed by atoms with Crippen LogP contribution in [0.4, 0.5) is 0 Å². The summed E-state index contributed by atoms with van der Waals surface area (Å²) in [4.78, 5) is 11.9. The second-order valence-electron chi connectivity index (χ2n) is 3.99. The number of Topliss-reactive ketones (excluding diaryl/α,β-unsaturated/α-hetero) is 1. The SMILES string of the molecule is O=C(Cc1c(Cl)cccc1Cl)C1CCCN1. The van der Waals surface area contributed by atoms with Gasteiger partial charge >= 0.3 is 0 Å². The molecule has 2 rings (SSSR count). The number of benzene rings is 1. The Morgan fingerprint density at radius 3 is 2.62 bits per heavy atom. The molecule has 1 fully saturated rings. The predicted octanol–water partition coefficient (Wildman–Crippen LogP) is 2.86. The fourth-order valence-corrected chi connectivity index (χ4v) is 2.49. The minimum Gasteiger partial charge on any atom is -0.307 e. The molecule has 2 nitrogen and oxygen atoms in total. The van der Waals surface area contributed by atoms with Crippen molar-refractivity contribution in [2.75, 3.05) is 6.54 Å².